The second kappa shape index (κ2) is 5.35. The minimum absolute atomic E-state index is 0.0877. The molecule has 2 amide bonds. The van der Waals surface area contributed by atoms with Crippen molar-refractivity contribution < 1.29 is 4.79 Å². The quantitative estimate of drug-likeness (QED) is 0.875. The number of hydrogen-bond acceptors (Lipinski definition) is 5. The van der Waals surface area contributed by atoms with Gasteiger partial charge in [0.25, 0.3) is 0 Å². The van der Waals surface area contributed by atoms with Crippen LogP contribution in [0.1, 0.15) is 24.5 Å². The second-order valence-electron chi connectivity index (χ2n) is 4.51. The first-order chi connectivity index (χ1) is 9.33. The molecule has 2 aromatic heterocycles. The van der Waals surface area contributed by atoms with Crippen LogP contribution in [0.15, 0.2) is 18.5 Å². The number of carbonyl (C=O) groups is 1. The lowest BCUT2D eigenvalue weighted by Gasteiger charge is -2.31. The molecule has 8 heteroatoms. The van der Waals surface area contributed by atoms with Gasteiger partial charge in [0.1, 0.15) is 5.00 Å². The molecule has 3 rings (SSSR count). The number of anilines is 1. The van der Waals surface area contributed by atoms with Crippen LogP contribution in [0.5, 0.6) is 0 Å². The Labute approximate surface area is 114 Å². The van der Waals surface area contributed by atoms with Crippen LogP contribution in [0.2, 0.25) is 0 Å². The molecular formula is C11H14N6OS. The Bertz CT molecular complexity index is 525. The van der Waals surface area contributed by atoms with E-state index in [-0.39, 0.29) is 6.03 Å². The van der Waals surface area contributed by atoms with Gasteiger partial charge >= 0.3 is 6.03 Å². The lowest BCUT2D eigenvalue weighted by molar-refractivity contribution is 0.192. The Morgan fingerprint density at radius 3 is 3.26 bits per heavy atom. The fourth-order valence-electron chi connectivity index (χ4n) is 2.32. The molecular weight excluding hydrogens is 264 g/mol. The van der Waals surface area contributed by atoms with E-state index in [4.69, 9.17) is 0 Å². The molecule has 0 spiro atoms. The molecule has 1 aliphatic heterocycles. The number of nitrogens with one attached hydrogen (secondary N) is 2. The van der Waals surface area contributed by atoms with Crippen LogP contribution in [-0.4, -0.2) is 43.8 Å². The first kappa shape index (κ1) is 12.1. The SMILES string of the molecule is O=C(Nc1cnns1)N1CCC[C@H](c2ccn[nH]2)C1. The van der Waals surface area contributed by atoms with Crippen LogP contribution < -0.4 is 5.32 Å². The molecule has 0 aromatic carbocycles. The van der Waals surface area contributed by atoms with E-state index in [1.807, 2.05) is 11.0 Å². The molecule has 100 valence electrons. The van der Waals surface area contributed by atoms with Gasteiger partial charge in [0, 0.05) is 42.4 Å². The predicted molar refractivity (Wildman–Crippen MR) is 71.1 cm³/mol. The average molecular weight is 278 g/mol. The number of rotatable bonds is 2. The Morgan fingerprint density at radius 1 is 1.58 bits per heavy atom. The van der Waals surface area contributed by atoms with Crippen LogP contribution in [0.4, 0.5) is 9.80 Å². The van der Waals surface area contributed by atoms with Crippen molar-refractivity contribution in [1.82, 2.24) is 24.7 Å². The van der Waals surface area contributed by atoms with E-state index in [0.717, 1.165) is 25.1 Å². The summed E-state index contributed by atoms with van der Waals surface area (Å²) in [6, 6.07) is 1.88. The molecule has 1 atom stereocenters. The predicted octanol–water partition coefficient (Wildman–Crippen LogP) is 1.67. The molecule has 1 fully saturated rings. The zero-order valence-electron chi connectivity index (χ0n) is 10.2. The Hall–Kier alpha value is -1.96. The number of aromatic nitrogens is 4. The number of aromatic amines is 1. The smallest absolute Gasteiger partial charge is 0.322 e. The zero-order chi connectivity index (χ0) is 13.1. The standard InChI is InChI=1S/C11H14N6OS/c18-11(14-10-6-13-16-19-10)17-5-1-2-8(7-17)9-3-4-12-15-9/h3-4,6,8H,1-2,5,7H2,(H,12,15)(H,14,18)/t8-/m0/s1. The minimum Gasteiger partial charge on any atom is -0.324 e. The van der Waals surface area contributed by atoms with E-state index in [1.165, 1.54) is 11.5 Å². The topological polar surface area (TPSA) is 86.8 Å². The number of H-pyrrole nitrogens is 1. The highest BCUT2D eigenvalue weighted by molar-refractivity contribution is 7.10. The molecule has 1 aliphatic rings. The van der Waals surface area contributed by atoms with E-state index in [0.29, 0.717) is 17.5 Å². The third-order valence-electron chi connectivity index (χ3n) is 3.26. The lowest BCUT2D eigenvalue weighted by Crippen LogP contribution is -2.41. The van der Waals surface area contributed by atoms with Crippen molar-refractivity contribution in [1.29, 1.82) is 0 Å². The minimum atomic E-state index is -0.0877. The third-order valence-corrected chi connectivity index (χ3v) is 3.84. The largest absolute Gasteiger partial charge is 0.324 e. The molecule has 0 aliphatic carbocycles. The number of amides is 2. The maximum absolute atomic E-state index is 12.1. The van der Waals surface area contributed by atoms with E-state index in [1.54, 1.807) is 12.4 Å². The molecule has 0 bridgehead atoms. The molecule has 0 unspecified atom stereocenters. The molecule has 0 saturated carbocycles. The summed E-state index contributed by atoms with van der Waals surface area (Å²) in [6.45, 7) is 1.49. The summed E-state index contributed by atoms with van der Waals surface area (Å²) in [5, 5.41) is 14.1. The summed E-state index contributed by atoms with van der Waals surface area (Å²) in [5.41, 5.74) is 1.09. The van der Waals surface area contributed by atoms with Crippen molar-refractivity contribution in [2.75, 3.05) is 18.4 Å². The summed E-state index contributed by atoms with van der Waals surface area (Å²) in [4.78, 5) is 13.9. The monoisotopic (exact) mass is 278 g/mol. The number of carbonyl (C=O) groups excluding carboxylic acids is 1. The van der Waals surface area contributed by atoms with Crippen molar-refractivity contribution in [3.63, 3.8) is 0 Å². The number of urea groups is 1. The lowest BCUT2D eigenvalue weighted by atomic mass is 9.95. The summed E-state index contributed by atoms with van der Waals surface area (Å²) in [5.74, 6) is 0.335. The van der Waals surface area contributed by atoms with Gasteiger partial charge in [-0.25, -0.2) is 4.79 Å². The molecule has 19 heavy (non-hydrogen) atoms. The van der Waals surface area contributed by atoms with E-state index in [9.17, 15) is 4.79 Å². The van der Waals surface area contributed by atoms with Gasteiger partial charge in [-0.1, -0.05) is 4.49 Å². The van der Waals surface area contributed by atoms with E-state index >= 15 is 0 Å². The number of likely N-dealkylation sites (tertiary alicyclic amines) is 1. The Balaban J connectivity index is 1.63. The van der Waals surface area contributed by atoms with E-state index < -0.39 is 0 Å². The molecule has 2 N–H and O–H groups in total. The van der Waals surface area contributed by atoms with Crippen molar-refractivity contribution in [2.45, 2.75) is 18.8 Å². The Morgan fingerprint density at radius 2 is 2.53 bits per heavy atom. The molecule has 7 nitrogen and oxygen atoms in total. The van der Waals surface area contributed by atoms with Gasteiger partial charge in [-0.15, -0.1) is 5.10 Å². The van der Waals surface area contributed by atoms with Crippen molar-refractivity contribution >= 4 is 22.6 Å². The number of nitrogens with zero attached hydrogens (tertiary/aromatic N) is 4. The highest BCUT2D eigenvalue weighted by atomic mass is 32.1. The first-order valence-corrected chi connectivity index (χ1v) is 6.93. The van der Waals surface area contributed by atoms with Crippen LogP contribution in [0.3, 0.4) is 0 Å². The maximum atomic E-state index is 12.1. The summed E-state index contributed by atoms with van der Waals surface area (Å²) < 4.78 is 3.72. The van der Waals surface area contributed by atoms with E-state index in [2.05, 4.69) is 25.1 Å². The third kappa shape index (κ3) is 2.73. The fraction of sp³-hybridized carbons (Fsp3) is 0.455. The summed E-state index contributed by atoms with van der Waals surface area (Å²) in [7, 11) is 0. The van der Waals surface area contributed by atoms with Crippen molar-refractivity contribution in [3.05, 3.63) is 24.2 Å². The average Bonchev–Trinajstić information content (AvgIpc) is 3.12. The van der Waals surface area contributed by atoms with Crippen LogP contribution in [0.25, 0.3) is 0 Å². The highest BCUT2D eigenvalue weighted by Crippen LogP contribution is 2.25. The number of hydrogen-bond donors (Lipinski definition) is 2. The zero-order valence-corrected chi connectivity index (χ0v) is 11.1. The van der Waals surface area contributed by atoms with Crippen LogP contribution >= 0.6 is 11.5 Å². The number of piperidine rings is 1. The second-order valence-corrected chi connectivity index (χ2v) is 5.29. The van der Waals surface area contributed by atoms with Gasteiger partial charge in [-0.2, -0.15) is 5.10 Å². The summed E-state index contributed by atoms with van der Waals surface area (Å²) >= 11 is 1.18. The maximum Gasteiger partial charge on any atom is 0.322 e. The fourth-order valence-corrected chi connectivity index (χ4v) is 2.73. The molecule has 1 saturated heterocycles. The summed E-state index contributed by atoms with van der Waals surface area (Å²) in [6.07, 6.45) is 5.38. The first-order valence-electron chi connectivity index (χ1n) is 6.15. The van der Waals surface area contributed by atoms with Gasteiger partial charge < -0.3 is 4.90 Å². The van der Waals surface area contributed by atoms with Gasteiger partial charge in [-0.3, -0.25) is 10.4 Å². The van der Waals surface area contributed by atoms with Crippen LogP contribution in [0, 0.1) is 0 Å². The van der Waals surface area contributed by atoms with Gasteiger partial charge in [-0.05, 0) is 18.9 Å². The molecule has 2 aromatic rings. The highest BCUT2D eigenvalue weighted by Gasteiger charge is 2.25. The van der Waals surface area contributed by atoms with Crippen molar-refractivity contribution in [2.24, 2.45) is 0 Å². The molecule has 3 heterocycles. The normalized spacial score (nSPS) is 19.4. The Kier molecular flexibility index (Phi) is 3.41. The van der Waals surface area contributed by atoms with Gasteiger partial charge in [0.2, 0.25) is 0 Å². The van der Waals surface area contributed by atoms with Crippen LogP contribution in [-0.2, 0) is 0 Å². The molecule has 0 radical (unpaired) electrons. The van der Waals surface area contributed by atoms with Gasteiger partial charge in [0.05, 0.1) is 6.20 Å². The van der Waals surface area contributed by atoms with Gasteiger partial charge in [0.15, 0.2) is 0 Å². The van der Waals surface area contributed by atoms with Crippen molar-refractivity contribution in [3.8, 4) is 0 Å².